The number of nitrogens with zero attached hydrogens (tertiary/aromatic N) is 1. The Morgan fingerprint density at radius 3 is 2.45 bits per heavy atom. The topological polar surface area (TPSA) is 112 Å². The van der Waals surface area contributed by atoms with Crippen molar-refractivity contribution >= 4 is 34.4 Å². The van der Waals surface area contributed by atoms with E-state index in [1.807, 2.05) is 74.5 Å². The highest BCUT2D eigenvalue weighted by atomic mass is 16.5. The number of benzene rings is 3. The first-order chi connectivity index (χ1) is 19.4. The minimum Gasteiger partial charge on any atom is -0.494 e. The number of hydrogen-bond acceptors (Lipinski definition) is 5. The molecule has 0 spiro atoms. The number of aryl methyl sites for hydroxylation is 1. The van der Waals surface area contributed by atoms with Crippen LogP contribution < -0.4 is 15.0 Å². The fraction of sp³-hybridized carbons (Fsp3) is 0.281. The van der Waals surface area contributed by atoms with Crippen molar-refractivity contribution in [3.8, 4) is 5.75 Å². The van der Waals surface area contributed by atoms with Gasteiger partial charge in [0.25, 0.3) is 0 Å². The number of para-hydroxylation sites is 2. The molecule has 3 aromatic carbocycles. The molecule has 6 rings (SSSR count). The number of aromatic amines is 1. The molecule has 2 aliphatic heterocycles. The van der Waals surface area contributed by atoms with Gasteiger partial charge < -0.3 is 14.8 Å². The van der Waals surface area contributed by atoms with Gasteiger partial charge in [0.2, 0.25) is 11.8 Å². The highest BCUT2D eigenvalue weighted by Gasteiger charge is 2.68. The van der Waals surface area contributed by atoms with Gasteiger partial charge in [-0.3, -0.25) is 19.7 Å². The third kappa shape index (κ3) is 3.98. The standard InChI is InChI=1S/C32H31N3O5/c1-3-16-40-22-14-12-20(13-15-22)28-26-27(30(37)35(29(26)36)25-11-7-4-8-19(25)2)32(34-28,31(38)39)17-21-18-33-24-10-6-5-9-23(21)24/h4-15,18,26-28,33-34H,3,16-17H2,1-2H3,(H,38,39). The second kappa shape index (κ2) is 9.95. The van der Waals surface area contributed by atoms with Gasteiger partial charge in [-0.15, -0.1) is 0 Å². The molecule has 8 nitrogen and oxygen atoms in total. The van der Waals surface area contributed by atoms with Gasteiger partial charge in [0, 0.05) is 29.6 Å². The summed E-state index contributed by atoms with van der Waals surface area (Å²) in [4.78, 5) is 46.0. The molecule has 0 saturated carbocycles. The van der Waals surface area contributed by atoms with Crippen molar-refractivity contribution in [1.29, 1.82) is 0 Å². The molecule has 2 saturated heterocycles. The van der Waals surface area contributed by atoms with Gasteiger partial charge >= 0.3 is 5.97 Å². The predicted octanol–water partition coefficient (Wildman–Crippen LogP) is 4.78. The number of carboxylic acid groups (broad SMARTS) is 1. The number of aliphatic carboxylic acids is 1. The number of carbonyl (C=O) groups excluding carboxylic acids is 2. The van der Waals surface area contributed by atoms with E-state index in [4.69, 9.17) is 4.74 Å². The van der Waals surface area contributed by atoms with Gasteiger partial charge in [-0.2, -0.15) is 0 Å². The highest BCUT2D eigenvalue weighted by Crippen LogP contribution is 2.51. The van der Waals surface area contributed by atoms with E-state index >= 15 is 0 Å². The number of rotatable bonds is 8. The molecule has 3 N–H and O–H groups in total. The van der Waals surface area contributed by atoms with E-state index in [1.165, 1.54) is 4.90 Å². The Balaban J connectivity index is 1.47. The molecular formula is C32H31N3O5. The Morgan fingerprint density at radius 1 is 1.00 bits per heavy atom. The lowest BCUT2D eigenvalue weighted by Gasteiger charge is -2.31. The third-order valence-corrected chi connectivity index (χ3v) is 8.25. The molecule has 0 bridgehead atoms. The third-order valence-electron chi connectivity index (χ3n) is 8.25. The zero-order valence-corrected chi connectivity index (χ0v) is 22.4. The summed E-state index contributed by atoms with van der Waals surface area (Å²) in [7, 11) is 0. The molecule has 204 valence electrons. The number of anilines is 1. The normalized spacial score (nSPS) is 24.1. The van der Waals surface area contributed by atoms with Gasteiger partial charge in [0.15, 0.2) is 0 Å². The maximum absolute atomic E-state index is 14.2. The molecule has 2 aliphatic rings. The van der Waals surface area contributed by atoms with E-state index < -0.39 is 41.2 Å². The van der Waals surface area contributed by atoms with Gasteiger partial charge in [0.05, 0.1) is 24.1 Å². The fourth-order valence-electron chi connectivity index (χ4n) is 6.35. The van der Waals surface area contributed by atoms with E-state index in [2.05, 4.69) is 10.3 Å². The summed E-state index contributed by atoms with van der Waals surface area (Å²) in [6, 6.07) is 21.5. The van der Waals surface area contributed by atoms with Crippen LogP contribution in [0.3, 0.4) is 0 Å². The molecule has 40 heavy (non-hydrogen) atoms. The zero-order chi connectivity index (χ0) is 28.0. The van der Waals surface area contributed by atoms with Crippen LogP contribution >= 0.6 is 0 Å². The van der Waals surface area contributed by atoms with E-state index in [1.54, 1.807) is 18.3 Å². The van der Waals surface area contributed by atoms with Crippen LogP contribution in [0.15, 0.2) is 79.0 Å². The zero-order valence-electron chi connectivity index (χ0n) is 22.4. The smallest absolute Gasteiger partial charge is 0.325 e. The summed E-state index contributed by atoms with van der Waals surface area (Å²) >= 11 is 0. The Kier molecular flexibility index (Phi) is 6.43. The van der Waals surface area contributed by atoms with Crippen molar-refractivity contribution < 1.29 is 24.2 Å². The summed E-state index contributed by atoms with van der Waals surface area (Å²) < 4.78 is 5.73. The number of carboxylic acids is 1. The van der Waals surface area contributed by atoms with Crippen LogP contribution in [0.5, 0.6) is 5.75 Å². The van der Waals surface area contributed by atoms with Crippen molar-refractivity contribution in [2.75, 3.05) is 11.5 Å². The number of imide groups is 1. The lowest BCUT2D eigenvalue weighted by molar-refractivity contribution is -0.148. The van der Waals surface area contributed by atoms with Crippen LogP contribution in [0.25, 0.3) is 10.9 Å². The number of nitrogens with one attached hydrogen (secondary N) is 2. The highest BCUT2D eigenvalue weighted by molar-refractivity contribution is 6.24. The van der Waals surface area contributed by atoms with Gasteiger partial charge in [-0.05, 0) is 54.3 Å². The first-order valence-electron chi connectivity index (χ1n) is 13.6. The van der Waals surface area contributed by atoms with Crippen molar-refractivity contribution in [3.05, 3.63) is 95.7 Å². The average molecular weight is 538 g/mol. The Morgan fingerprint density at radius 2 is 1.73 bits per heavy atom. The quantitative estimate of drug-likeness (QED) is 0.279. The summed E-state index contributed by atoms with van der Waals surface area (Å²) in [6.45, 7) is 4.45. The molecule has 4 atom stereocenters. The van der Waals surface area contributed by atoms with E-state index in [0.717, 1.165) is 34.0 Å². The predicted molar refractivity (Wildman–Crippen MR) is 151 cm³/mol. The number of aromatic nitrogens is 1. The molecule has 0 aliphatic carbocycles. The summed E-state index contributed by atoms with van der Waals surface area (Å²) in [5, 5.41) is 15.0. The minimum absolute atomic E-state index is 0.0301. The molecule has 4 aromatic rings. The Hall–Kier alpha value is -4.43. The van der Waals surface area contributed by atoms with E-state index in [-0.39, 0.29) is 6.42 Å². The molecule has 3 heterocycles. The van der Waals surface area contributed by atoms with Crippen molar-refractivity contribution in [2.45, 2.75) is 38.3 Å². The maximum Gasteiger partial charge on any atom is 0.325 e. The summed E-state index contributed by atoms with van der Waals surface area (Å²) in [5.74, 6) is -3.35. The average Bonchev–Trinajstić information content (AvgIpc) is 3.60. The first-order valence-corrected chi connectivity index (χ1v) is 13.6. The molecule has 2 amide bonds. The van der Waals surface area contributed by atoms with Gasteiger partial charge in [-0.1, -0.05) is 55.5 Å². The first kappa shape index (κ1) is 25.8. The number of H-pyrrole nitrogens is 1. The van der Waals surface area contributed by atoms with Crippen LogP contribution in [0.4, 0.5) is 5.69 Å². The van der Waals surface area contributed by atoms with Crippen LogP contribution in [-0.4, -0.2) is 40.0 Å². The summed E-state index contributed by atoms with van der Waals surface area (Å²) in [5.41, 5.74) is 1.92. The number of amides is 2. The van der Waals surface area contributed by atoms with Crippen molar-refractivity contribution in [3.63, 3.8) is 0 Å². The van der Waals surface area contributed by atoms with Gasteiger partial charge in [-0.25, -0.2) is 4.90 Å². The van der Waals surface area contributed by atoms with Gasteiger partial charge in [0.1, 0.15) is 11.3 Å². The largest absolute Gasteiger partial charge is 0.494 e. The number of fused-ring (bicyclic) bond motifs is 2. The number of carbonyl (C=O) groups is 3. The Labute approximate surface area is 232 Å². The van der Waals surface area contributed by atoms with Crippen molar-refractivity contribution in [1.82, 2.24) is 10.3 Å². The number of hydrogen-bond donors (Lipinski definition) is 3. The molecule has 2 fully saturated rings. The molecule has 1 aromatic heterocycles. The van der Waals surface area contributed by atoms with Crippen LogP contribution in [-0.2, 0) is 20.8 Å². The molecular weight excluding hydrogens is 506 g/mol. The van der Waals surface area contributed by atoms with E-state index in [9.17, 15) is 19.5 Å². The molecule has 4 unspecified atom stereocenters. The Bertz CT molecular complexity index is 1610. The fourth-order valence-corrected chi connectivity index (χ4v) is 6.35. The maximum atomic E-state index is 14.2. The SMILES string of the molecule is CCCOc1ccc(C2NC(Cc3c[nH]c4ccccc34)(C(=O)O)C3C(=O)N(c4ccccc4C)C(=O)C23)cc1. The van der Waals surface area contributed by atoms with Crippen LogP contribution in [0.1, 0.15) is 36.1 Å². The molecule has 0 radical (unpaired) electrons. The second-order valence-corrected chi connectivity index (χ2v) is 10.7. The summed E-state index contributed by atoms with van der Waals surface area (Å²) in [6.07, 6.45) is 2.69. The van der Waals surface area contributed by atoms with Crippen LogP contribution in [0.2, 0.25) is 0 Å². The minimum atomic E-state index is -1.71. The van der Waals surface area contributed by atoms with E-state index in [0.29, 0.717) is 18.0 Å². The monoisotopic (exact) mass is 537 g/mol. The molecule has 8 heteroatoms. The van der Waals surface area contributed by atoms with Crippen molar-refractivity contribution in [2.24, 2.45) is 11.8 Å². The lowest BCUT2D eigenvalue weighted by atomic mass is 9.76. The second-order valence-electron chi connectivity index (χ2n) is 10.7. The van der Waals surface area contributed by atoms with Crippen LogP contribution in [0, 0.1) is 18.8 Å². The number of ether oxygens (including phenoxy) is 1. The lowest BCUT2D eigenvalue weighted by Crippen LogP contribution is -2.57.